The second-order valence-electron chi connectivity index (χ2n) is 10.4. The maximum Gasteiger partial charge on any atom is 0.315 e. The topological polar surface area (TPSA) is 80.5 Å². The number of aromatic amines is 1. The predicted molar refractivity (Wildman–Crippen MR) is 160 cm³/mol. The smallest absolute Gasteiger partial charge is 0.315 e. The van der Waals surface area contributed by atoms with Crippen molar-refractivity contribution < 1.29 is 9.59 Å². The Kier molecular flexibility index (Phi) is 9.63. The normalized spacial score (nSPS) is 16.8. The van der Waals surface area contributed by atoms with Crippen molar-refractivity contribution in [2.75, 3.05) is 50.6 Å². The van der Waals surface area contributed by atoms with Gasteiger partial charge in [-0.05, 0) is 80.3 Å². The maximum atomic E-state index is 14.4. The minimum absolute atomic E-state index is 0.117. The standard InChI is InChI=1S/C29H38ClN5O2S/c1-19(24-16-32-25-9-6-5-8-23(24)25)27(33-29(37)31-12-7-13-38-4)28(36)35-18-20(17-34(2)3)14-21-15-22(30)10-11-26(21)35/h5-6,8-11,15-16,19-20,27,32H,7,12-14,17-18H2,1-4H3,(H2,31,33,37)/t19?,20-,27?/m1/s1. The Morgan fingerprint density at radius 2 is 2.03 bits per heavy atom. The highest BCUT2D eigenvalue weighted by molar-refractivity contribution is 7.98. The predicted octanol–water partition coefficient (Wildman–Crippen LogP) is 5.11. The van der Waals surface area contributed by atoms with Gasteiger partial charge in [-0.25, -0.2) is 4.79 Å². The van der Waals surface area contributed by atoms with E-state index in [2.05, 4.69) is 20.5 Å². The number of carbonyl (C=O) groups excluding carboxylic acids is 2. The van der Waals surface area contributed by atoms with Gasteiger partial charge in [-0.1, -0.05) is 36.7 Å². The van der Waals surface area contributed by atoms with Crippen LogP contribution >= 0.6 is 23.4 Å². The Hall–Kier alpha value is -2.68. The number of amides is 3. The molecule has 0 fully saturated rings. The molecule has 0 bridgehead atoms. The van der Waals surface area contributed by atoms with Gasteiger partial charge in [0.2, 0.25) is 5.91 Å². The molecule has 2 unspecified atom stereocenters. The molecule has 3 N–H and O–H groups in total. The van der Waals surface area contributed by atoms with Crippen LogP contribution in [0.1, 0.15) is 30.4 Å². The third-order valence-corrected chi connectivity index (χ3v) is 8.08. The number of fused-ring (bicyclic) bond motifs is 2. The zero-order valence-electron chi connectivity index (χ0n) is 22.6. The van der Waals surface area contributed by atoms with Gasteiger partial charge in [0.05, 0.1) is 0 Å². The first-order valence-corrected chi connectivity index (χ1v) is 14.9. The van der Waals surface area contributed by atoms with Crippen molar-refractivity contribution in [2.45, 2.75) is 31.7 Å². The zero-order chi connectivity index (χ0) is 27.2. The van der Waals surface area contributed by atoms with Gasteiger partial charge >= 0.3 is 6.03 Å². The van der Waals surface area contributed by atoms with Gasteiger partial charge in [0.15, 0.2) is 0 Å². The third kappa shape index (κ3) is 6.65. The van der Waals surface area contributed by atoms with Crippen LogP contribution in [0.15, 0.2) is 48.7 Å². The highest BCUT2D eigenvalue weighted by Crippen LogP contribution is 2.35. The molecule has 9 heteroatoms. The number of hydrogen-bond acceptors (Lipinski definition) is 4. The summed E-state index contributed by atoms with van der Waals surface area (Å²) >= 11 is 8.09. The fraction of sp³-hybridized carbons (Fsp3) is 0.448. The maximum absolute atomic E-state index is 14.4. The summed E-state index contributed by atoms with van der Waals surface area (Å²) in [5.74, 6) is 0.841. The molecule has 0 spiro atoms. The van der Waals surface area contributed by atoms with E-state index in [0.717, 1.165) is 52.9 Å². The van der Waals surface area contributed by atoms with Gasteiger partial charge in [0.1, 0.15) is 6.04 Å². The summed E-state index contributed by atoms with van der Waals surface area (Å²) < 4.78 is 0. The van der Waals surface area contributed by atoms with Crippen molar-refractivity contribution in [1.29, 1.82) is 0 Å². The van der Waals surface area contributed by atoms with E-state index in [0.29, 0.717) is 18.1 Å². The van der Waals surface area contributed by atoms with Crippen LogP contribution in [0.4, 0.5) is 10.5 Å². The average Bonchev–Trinajstić information content (AvgIpc) is 3.32. The summed E-state index contributed by atoms with van der Waals surface area (Å²) in [5, 5.41) is 7.69. The van der Waals surface area contributed by atoms with Gasteiger partial charge in [-0.3, -0.25) is 4.79 Å². The number of H-pyrrole nitrogens is 1. The average molecular weight is 556 g/mol. The van der Waals surface area contributed by atoms with Crippen LogP contribution in [0.3, 0.4) is 0 Å². The second kappa shape index (κ2) is 12.9. The number of hydrogen-bond donors (Lipinski definition) is 3. The largest absolute Gasteiger partial charge is 0.361 e. The zero-order valence-corrected chi connectivity index (χ0v) is 24.2. The van der Waals surface area contributed by atoms with Crippen molar-refractivity contribution >= 4 is 51.9 Å². The molecule has 3 amide bonds. The van der Waals surface area contributed by atoms with Crippen molar-refractivity contribution in [1.82, 2.24) is 20.5 Å². The minimum atomic E-state index is -0.753. The summed E-state index contributed by atoms with van der Waals surface area (Å²) in [6, 6.07) is 12.7. The second-order valence-corrected chi connectivity index (χ2v) is 11.8. The first-order chi connectivity index (χ1) is 18.3. The highest BCUT2D eigenvalue weighted by Gasteiger charge is 2.37. The fourth-order valence-electron chi connectivity index (χ4n) is 5.39. The number of nitrogens with zero attached hydrogens (tertiary/aromatic N) is 2. The van der Waals surface area contributed by atoms with Gasteiger partial charge in [-0.15, -0.1) is 0 Å². The van der Waals surface area contributed by atoms with Crippen molar-refractivity contribution in [2.24, 2.45) is 5.92 Å². The molecule has 7 nitrogen and oxygen atoms in total. The number of carbonyl (C=O) groups is 2. The number of thioether (sulfide) groups is 1. The summed E-state index contributed by atoms with van der Waals surface area (Å²) in [6.45, 7) is 4.00. The molecule has 38 heavy (non-hydrogen) atoms. The molecule has 3 aromatic rings. The van der Waals surface area contributed by atoms with Crippen LogP contribution in [0.2, 0.25) is 5.02 Å². The molecule has 0 saturated carbocycles. The van der Waals surface area contributed by atoms with E-state index in [1.807, 2.05) is 80.8 Å². The molecule has 1 aliphatic rings. The summed E-state index contributed by atoms with van der Waals surface area (Å²) in [4.78, 5) is 34.7. The number of aromatic nitrogens is 1. The quantitative estimate of drug-likeness (QED) is 0.304. The first kappa shape index (κ1) is 28.3. The number of para-hydroxylation sites is 1. The summed E-state index contributed by atoms with van der Waals surface area (Å²) in [6.07, 6.45) is 5.72. The number of benzene rings is 2. The number of anilines is 1. The minimum Gasteiger partial charge on any atom is -0.361 e. The molecule has 3 atom stereocenters. The molecule has 4 rings (SSSR count). The van der Waals surface area contributed by atoms with E-state index in [-0.39, 0.29) is 23.8 Å². The van der Waals surface area contributed by atoms with Crippen LogP contribution in [0.5, 0.6) is 0 Å². The van der Waals surface area contributed by atoms with Crippen molar-refractivity contribution in [3.63, 3.8) is 0 Å². The molecular weight excluding hydrogens is 518 g/mol. The van der Waals surface area contributed by atoms with Gasteiger partial charge in [0, 0.05) is 53.4 Å². The molecule has 0 aliphatic carbocycles. The van der Waals surface area contributed by atoms with Gasteiger partial charge in [0.25, 0.3) is 0 Å². The molecule has 2 heterocycles. The van der Waals surface area contributed by atoms with E-state index in [1.54, 1.807) is 11.8 Å². The molecule has 1 aliphatic heterocycles. The van der Waals surface area contributed by atoms with Crippen LogP contribution in [-0.2, 0) is 11.2 Å². The van der Waals surface area contributed by atoms with Crippen LogP contribution < -0.4 is 15.5 Å². The highest BCUT2D eigenvalue weighted by atomic mass is 35.5. The Balaban J connectivity index is 1.67. The van der Waals surface area contributed by atoms with Crippen LogP contribution in [0.25, 0.3) is 10.9 Å². The van der Waals surface area contributed by atoms with E-state index in [4.69, 9.17) is 11.6 Å². The molecule has 204 valence electrons. The fourth-order valence-corrected chi connectivity index (χ4v) is 6.02. The number of urea groups is 1. The van der Waals surface area contributed by atoms with E-state index in [1.165, 1.54) is 0 Å². The lowest BCUT2D eigenvalue weighted by Crippen LogP contribution is -2.56. The van der Waals surface area contributed by atoms with Crippen molar-refractivity contribution in [3.8, 4) is 0 Å². The Bertz CT molecular complexity index is 1260. The van der Waals surface area contributed by atoms with Gasteiger partial charge < -0.3 is 25.4 Å². The Morgan fingerprint density at radius 1 is 1.24 bits per heavy atom. The lowest BCUT2D eigenvalue weighted by Gasteiger charge is -2.38. The SMILES string of the molecule is CSCCCNC(=O)NC(C(=O)N1C[C@@H](CN(C)C)Cc2cc(Cl)ccc21)C(C)c1c[nH]c2ccccc12. The lowest BCUT2D eigenvalue weighted by molar-refractivity contribution is -0.121. The molecule has 1 aromatic heterocycles. The number of nitrogens with one attached hydrogen (secondary N) is 3. The van der Waals surface area contributed by atoms with E-state index < -0.39 is 6.04 Å². The molecule has 0 saturated heterocycles. The number of rotatable bonds is 10. The molecule has 0 radical (unpaired) electrons. The first-order valence-electron chi connectivity index (χ1n) is 13.1. The van der Waals surface area contributed by atoms with Crippen molar-refractivity contribution in [3.05, 3.63) is 64.8 Å². The summed E-state index contributed by atoms with van der Waals surface area (Å²) in [5.41, 5.74) is 3.93. The third-order valence-electron chi connectivity index (χ3n) is 7.15. The molecular formula is C29H38ClN5O2S. The van der Waals surface area contributed by atoms with E-state index >= 15 is 0 Å². The van der Waals surface area contributed by atoms with Crippen LogP contribution in [-0.4, -0.2) is 73.6 Å². The number of halogens is 1. The monoisotopic (exact) mass is 555 g/mol. The lowest BCUT2D eigenvalue weighted by atomic mass is 9.88. The summed E-state index contributed by atoms with van der Waals surface area (Å²) in [7, 11) is 4.09. The van der Waals surface area contributed by atoms with Gasteiger partial charge in [-0.2, -0.15) is 11.8 Å². The molecule has 2 aromatic carbocycles. The Labute approximate surface area is 234 Å². The van der Waals surface area contributed by atoms with Crippen LogP contribution in [0, 0.1) is 5.92 Å². The van der Waals surface area contributed by atoms with E-state index in [9.17, 15) is 9.59 Å². The Morgan fingerprint density at radius 3 is 2.79 bits per heavy atom.